The maximum atomic E-state index is 12.9. The lowest BCUT2D eigenvalue weighted by molar-refractivity contribution is 0.0898. The number of ether oxygens (including phenoxy) is 2. The summed E-state index contributed by atoms with van der Waals surface area (Å²) < 4.78 is 38.6. The quantitative estimate of drug-likeness (QED) is 0.656. The summed E-state index contributed by atoms with van der Waals surface area (Å²) in [5.74, 6) is 0.337. The van der Waals surface area contributed by atoms with Crippen molar-refractivity contribution in [1.29, 1.82) is 0 Å². The van der Waals surface area contributed by atoms with E-state index in [-0.39, 0.29) is 11.3 Å². The third-order valence-electron chi connectivity index (χ3n) is 6.05. The molecule has 1 fully saturated rings. The number of hydrogen-bond donors (Lipinski definition) is 1. The van der Waals surface area contributed by atoms with Crippen molar-refractivity contribution in [2.45, 2.75) is 19.3 Å². The van der Waals surface area contributed by atoms with Crippen LogP contribution in [0.25, 0.3) is 0 Å². The van der Waals surface area contributed by atoms with Crippen molar-refractivity contribution in [2.24, 2.45) is 5.41 Å². The topological polar surface area (TPSA) is 88.2 Å². The Morgan fingerprint density at radius 3 is 2.57 bits per heavy atom. The first kappa shape index (κ1) is 22.7. The van der Waals surface area contributed by atoms with Gasteiger partial charge in [0.2, 0.25) is 0 Å². The number of nitrogens with one attached hydrogen (secondary N) is 1. The zero-order chi connectivity index (χ0) is 21.8. The van der Waals surface area contributed by atoms with Crippen molar-refractivity contribution in [3.8, 4) is 5.75 Å². The Labute approximate surface area is 179 Å². The number of piperidine rings is 1. The molecule has 2 aliphatic heterocycles. The first-order chi connectivity index (χ1) is 14.3. The zero-order valence-electron chi connectivity index (χ0n) is 17.9. The normalized spacial score (nSPS) is 19.9. The number of carbonyl (C=O) groups is 1. The fourth-order valence-electron chi connectivity index (χ4n) is 4.17. The van der Waals surface area contributed by atoms with E-state index in [4.69, 9.17) is 9.47 Å². The Morgan fingerprint density at radius 1 is 1.27 bits per heavy atom. The van der Waals surface area contributed by atoms with E-state index in [1.54, 1.807) is 39.4 Å². The Bertz CT molecular complexity index is 890. The molecule has 1 aromatic carbocycles. The van der Waals surface area contributed by atoms with Crippen LogP contribution in [-0.4, -0.2) is 77.0 Å². The van der Waals surface area contributed by atoms with Gasteiger partial charge in [0.1, 0.15) is 5.75 Å². The van der Waals surface area contributed by atoms with Gasteiger partial charge in [0, 0.05) is 39.1 Å². The molecule has 0 aromatic heterocycles. The van der Waals surface area contributed by atoms with E-state index in [0.29, 0.717) is 57.0 Å². The van der Waals surface area contributed by atoms with Gasteiger partial charge in [-0.2, -0.15) is 17.0 Å². The van der Waals surface area contributed by atoms with Gasteiger partial charge in [0.05, 0.1) is 25.9 Å². The third-order valence-corrected chi connectivity index (χ3v) is 7.99. The number of para-hydroxylation sites is 1. The molecular weight excluding hydrogens is 406 g/mol. The van der Waals surface area contributed by atoms with Crippen LogP contribution in [0.4, 0.5) is 0 Å². The van der Waals surface area contributed by atoms with E-state index >= 15 is 0 Å². The van der Waals surface area contributed by atoms with Gasteiger partial charge >= 0.3 is 0 Å². The van der Waals surface area contributed by atoms with Gasteiger partial charge in [-0.15, -0.1) is 0 Å². The van der Waals surface area contributed by atoms with Crippen molar-refractivity contribution < 1.29 is 22.7 Å². The molecule has 0 saturated carbocycles. The Hall–Kier alpha value is -1.94. The second-order valence-corrected chi connectivity index (χ2v) is 10.0. The monoisotopic (exact) mass is 437 g/mol. The molecule has 1 saturated heterocycles. The Kier molecular flexibility index (Phi) is 7.18. The molecule has 1 aromatic rings. The average Bonchev–Trinajstić information content (AvgIpc) is 2.78. The maximum Gasteiger partial charge on any atom is 0.281 e. The lowest BCUT2D eigenvalue weighted by atomic mass is 9.71. The smallest absolute Gasteiger partial charge is 0.281 e. The van der Waals surface area contributed by atoms with E-state index in [9.17, 15) is 13.2 Å². The van der Waals surface area contributed by atoms with Crippen LogP contribution in [0.15, 0.2) is 35.9 Å². The van der Waals surface area contributed by atoms with Crippen LogP contribution >= 0.6 is 0 Å². The van der Waals surface area contributed by atoms with E-state index in [0.717, 1.165) is 6.42 Å². The minimum Gasteiger partial charge on any atom is -0.496 e. The predicted octanol–water partition coefficient (Wildman–Crippen LogP) is 1.66. The average molecular weight is 438 g/mol. The molecule has 0 spiro atoms. The highest BCUT2D eigenvalue weighted by molar-refractivity contribution is 7.86. The fraction of sp³-hybridized carbons (Fsp3) is 0.571. The van der Waals surface area contributed by atoms with Crippen molar-refractivity contribution in [2.75, 3.05) is 54.1 Å². The molecule has 0 unspecified atom stereocenters. The molecule has 9 heteroatoms. The van der Waals surface area contributed by atoms with Crippen molar-refractivity contribution in [1.82, 2.24) is 13.9 Å². The minimum absolute atomic E-state index is 0.192. The summed E-state index contributed by atoms with van der Waals surface area (Å²) in [4.78, 5) is 12.9. The van der Waals surface area contributed by atoms with Gasteiger partial charge in [-0.1, -0.05) is 23.8 Å². The summed E-state index contributed by atoms with van der Waals surface area (Å²) in [6, 6.07) is 7.13. The largest absolute Gasteiger partial charge is 0.496 e. The first-order valence-electron chi connectivity index (χ1n) is 10.2. The summed E-state index contributed by atoms with van der Waals surface area (Å²) in [7, 11) is 1.19. The maximum absolute atomic E-state index is 12.9. The van der Waals surface area contributed by atoms with Crippen molar-refractivity contribution >= 4 is 16.1 Å². The van der Waals surface area contributed by atoms with Gasteiger partial charge in [0.25, 0.3) is 16.1 Å². The molecule has 0 atom stereocenters. The third kappa shape index (κ3) is 4.69. The number of carbonyl (C=O) groups excluding carboxylic acids is 1. The van der Waals surface area contributed by atoms with Crippen LogP contribution in [0.2, 0.25) is 0 Å². The lowest BCUT2D eigenvalue weighted by Gasteiger charge is -2.44. The lowest BCUT2D eigenvalue weighted by Crippen LogP contribution is -2.51. The van der Waals surface area contributed by atoms with Crippen LogP contribution in [0.1, 0.15) is 29.6 Å². The number of benzene rings is 1. The summed E-state index contributed by atoms with van der Waals surface area (Å²) in [6.07, 6.45) is 4.19. The van der Waals surface area contributed by atoms with E-state index in [1.165, 1.54) is 14.2 Å². The summed E-state index contributed by atoms with van der Waals surface area (Å²) in [5, 5.41) is 3.08. The van der Waals surface area contributed by atoms with E-state index in [1.807, 2.05) is 6.07 Å². The molecule has 0 radical (unpaired) electrons. The fourth-order valence-corrected chi connectivity index (χ4v) is 5.28. The molecule has 0 aliphatic carbocycles. The Morgan fingerprint density at radius 2 is 1.97 bits per heavy atom. The molecule has 0 bridgehead atoms. The SMILES string of the molecule is COc1ccccc1C(=O)NCC1(C2=CCOCC2)CCN(S(=O)(=O)N(C)C)CC1. The second-order valence-electron chi connectivity index (χ2n) is 7.91. The first-order valence-corrected chi connectivity index (χ1v) is 11.6. The number of methoxy groups -OCH3 is 1. The van der Waals surface area contributed by atoms with Crippen LogP contribution in [-0.2, 0) is 14.9 Å². The van der Waals surface area contributed by atoms with Gasteiger partial charge in [-0.25, -0.2) is 0 Å². The van der Waals surface area contributed by atoms with Gasteiger partial charge in [-0.3, -0.25) is 4.79 Å². The highest BCUT2D eigenvalue weighted by Crippen LogP contribution is 2.41. The predicted molar refractivity (Wildman–Crippen MR) is 115 cm³/mol. The van der Waals surface area contributed by atoms with E-state index in [2.05, 4.69) is 11.4 Å². The Balaban J connectivity index is 1.77. The molecule has 1 N–H and O–H groups in total. The summed E-state index contributed by atoms with van der Waals surface area (Å²) in [5.41, 5.74) is 1.46. The van der Waals surface area contributed by atoms with Crippen LogP contribution in [0.3, 0.4) is 0 Å². The van der Waals surface area contributed by atoms with Crippen LogP contribution < -0.4 is 10.1 Å². The number of rotatable bonds is 7. The van der Waals surface area contributed by atoms with Crippen molar-refractivity contribution in [3.63, 3.8) is 0 Å². The number of amides is 1. The highest BCUT2D eigenvalue weighted by Gasteiger charge is 2.41. The minimum atomic E-state index is -3.45. The molecule has 3 rings (SSSR count). The highest BCUT2D eigenvalue weighted by atomic mass is 32.2. The number of hydrogen-bond acceptors (Lipinski definition) is 5. The van der Waals surface area contributed by atoms with Gasteiger partial charge in [0.15, 0.2) is 0 Å². The van der Waals surface area contributed by atoms with Gasteiger partial charge in [-0.05, 0) is 31.4 Å². The van der Waals surface area contributed by atoms with Crippen LogP contribution in [0.5, 0.6) is 5.75 Å². The van der Waals surface area contributed by atoms with Crippen LogP contribution in [0, 0.1) is 5.41 Å². The molecular formula is C21H31N3O5S. The number of nitrogens with zero attached hydrogens (tertiary/aromatic N) is 2. The van der Waals surface area contributed by atoms with Gasteiger partial charge < -0.3 is 14.8 Å². The standard InChI is InChI=1S/C21H31N3O5S/c1-23(2)30(26,27)24-12-10-21(11-13-24,17-8-14-29-15-9-17)16-22-20(25)18-6-4-5-7-19(18)28-3/h4-8H,9-16H2,1-3H3,(H,22,25). The van der Waals surface area contributed by atoms with Crippen molar-refractivity contribution in [3.05, 3.63) is 41.5 Å². The summed E-state index contributed by atoms with van der Waals surface area (Å²) >= 11 is 0. The molecule has 30 heavy (non-hydrogen) atoms. The molecule has 2 heterocycles. The summed E-state index contributed by atoms with van der Waals surface area (Å²) in [6.45, 7) is 2.49. The molecule has 166 valence electrons. The second kappa shape index (κ2) is 9.47. The zero-order valence-corrected chi connectivity index (χ0v) is 18.7. The van der Waals surface area contributed by atoms with E-state index < -0.39 is 10.2 Å². The molecule has 1 amide bonds. The molecule has 8 nitrogen and oxygen atoms in total. The molecule has 2 aliphatic rings.